The van der Waals surface area contributed by atoms with Gasteiger partial charge in [0.15, 0.2) is 0 Å². The van der Waals surface area contributed by atoms with Crippen molar-refractivity contribution in [3.05, 3.63) is 27.4 Å². The van der Waals surface area contributed by atoms with Crippen LogP contribution in [0.4, 0.5) is 0 Å². The Hall–Kier alpha value is -2.18. The Morgan fingerprint density at radius 1 is 1.39 bits per heavy atom. The van der Waals surface area contributed by atoms with Crippen molar-refractivity contribution in [2.75, 3.05) is 0 Å². The van der Waals surface area contributed by atoms with Crippen molar-refractivity contribution in [3.63, 3.8) is 0 Å². The summed E-state index contributed by atoms with van der Waals surface area (Å²) in [5.74, 6) is -1.57. The molecule has 0 unspecified atom stereocenters. The highest BCUT2D eigenvalue weighted by Crippen LogP contribution is 2.11. The van der Waals surface area contributed by atoms with Gasteiger partial charge in [-0.05, 0) is 25.8 Å². The number of aliphatic carboxylic acids is 1. The molecular formula is C11H15N3O4. The van der Waals surface area contributed by atoms with Crippen LogP contribution in [-0.2, 0) is 22.6 Å². The van der Waals surface area contributed by atoms with Crippen LogP contribution in [0.1, 0.15) is 23.4 Å². The summed E-state index contributed by atoms with van der Waals surface area (Å²) in [6.45, 7) is 3.04. The van der Waals surface area contributed by atoms with Gasteiger partial charge in [0, 0.05) is 17.8 Å². The number of carbonyl (C=O) groups excluding carboxylic acids is 1. The van der Waals surface area contributed by atoms with Gasteiger partial charge < -0.3 is 10.8 Å². The van der Waals surface area contributed by atoms with Gasteiger partial charge in [-0.3, -0.25) is 14.2 Å². The number of aryl methyl sites for hydroxylation is 1. The lowest BCUT2D eigenvalue weighted by molar-refractivity contribution is -0.137. The van der Waals surface area contributed by atoms with Crippen LogP contribution in [0.3, 0.4) is 0 Å². The zero-order valence-corrected chi connectivity index (χ0v) is 10.3. The Morgan fingerprint density at radius 2 is 2.00 bits per heavy atom. The normalized spacial score (nSPS) is 10.3. The average Bonchev–Trinajstić information content (AvgIpc) is 2.23. The Kier molecular flexibility index (Phi) is 4.19. The van der Waals surface area contributed by atoms with Gasteiger partial charge >= 0.3 is 11.7 Å². The van der Waals surface area contributed by atoms with E-state index in [9.17, 15) is 14.4 Å². The summed E-state index contributed by atoms with van der Waals surface area (Å²) in [7, 11) is 0. The van der Waals surface area contributed by atoms with Gasteiger partial charge in [0.2, 0.25) is 5.91 Å². The topological polar surface area (TPSA) is 115 Å². The summed E-state index contributed by atoms with van der Waals surface area (Å²) in [5, 5.41) is 8.66. The molecule has 1 aromatic rings. The van der Waals surface area contributed by atoms with Gasteiger partial charge in [-0.1, -0.05) is 0 Å². The Labute approximate surface area is 103 Å². The molecule has 1 aromatic heterocycles. The summed E-state index contributed by atoms with van der Waals surface area (Å²) >= 11 is 0. The average molecular weight is 253 g/mol. The monoisotopic (exact) mass is 253 g/mol. The van der Waals surface area contributed by atoms with Crippen molar-refractivity contribution in [2.24, 2.45) is 5.73 Å². The molecule has 0 saturated carbocycles. The van der Waals surface area contributed by atoms with Crippen molar-refractivity contribution in [3.8, 4) is 0 Å². The molecule has 18 heavy (non-hydrogen) atoms. The van der Waals surface area contributed by atoms with Crippen LogP contribution in [-0.4, -0.2) is 26.5 Å². The molecule has 7 heteroatoms. The van der Waals surface area contributed by atoms with Crippen LogP contribution in [0.2, 0.25) is 0 Å². The van der Waals surface area contributed by atoms with E-state index >= 15 is 0 Å². The first-order valence-electron chi connectivity index (χ1n) is 5.40. The first kappa shape index (κ1) is 13.9. The second kappa shape index (κ2) is 5.44. The van der Waals surface area contributed by atoms with Crippen molar-refractivity contribution >= 4 is 11.9 Å². The minimum Gasteiger partial charge on any atom is -0.481 e. The van der Waals surface area contributed by atoms with Crippen molar-refractivity contribution in [2.45, 2.75) is 33.2 Å². The number of hydrogen-bond acceptors (Lipinski definition) is 4. The smallest absolute Gasteiger partial charge is 0.348 e. The minimum absolute atomic E-state index is 0.0574. The molecule has 0 fully saturated rings. The number of carboxylic acid groups (broad SMARTS) is 1. The van der Waals surface area contributed by atoms with Crippen molar-refractivity contribution in [1.29, 1.82) is 0 Å². The molecule has 0 bridgehead atoms. The van der Waals surface area contributed by atoms with Crippen LogP contribution in [0, 0.1) is 13.8 Å². The van der Waals surface area contributed by atoms with E-state index in [0.29, 0.717) is 17.0 Å². The lowest BCUT2D eigenvalue weighted by Gasteiger charge is -2.13. The molecule has 0 atom stereocenters. The van der Waals surface area contributed by atoms with Gasteiger partial charge in [0.25, 0.3) is 0 Å². The minimum atomic E-state index is -0.929. The first-order chi connectivity index (χ1) is 8.32. The molecule has 98 valence electrons. The van der Waals surface area contributed by atoms with Crippen LogP contribution >= 0.6 is 0 Å². The number of hydrogen-bond donors (Lipinski definition) is 2. The first-order valence-corrected chi connectivity index (χ1v) is 5.40. The van der Waals surface area contributed by atoms with Crippen LogP contribution < -0.4 is 11.4 Å². The third kappa shape index (κ3) is 3.16. The molecule has 7 nitrogen and oxygen atoms in total. The molecule has 0 aliphatic rings. The van der Waals surface area contributed by atoms with Gasteiger partial charge in [-0.2, -0.15) is 4.98 Å². The molecule has 0 spiro atoms. The maximum Gasteiger partial charge on any atom is 0.348 e. The van der Waals surface area contributed by atoms with E-state index in [4.69, 9.17) is 10.8 Å². The fourth-order valence-corrected chi connectivity index (χ4v) is 1.78. The van der Waals surface area contributed by atoms with Crippen LogP contribution in [0.5, 0.6) is 0 Å². The highest BCUT2D eigenvalue weighted by Gasteiger charge is 2.13. The third-order valence-electron chi connectivity index (χ3n) is 2.68. The standard InChI is InChI=1S/C11H15N3O4/c1-6-8(3-4-10(16)17)7(2)14(5-9(12)15)11(18)13-6/h3-5H2,1-2H3,(H2,12,15)(H,16,17). The zero-order chi connectivity index (χ0) is 13.9. The molecule has 0 radical (unpaired) electrons. The van der Waals surface area contributed by atoms with Crippen molar-refractivity contribution < 1.29 is 14.7 Å². The number of primary amides is 1. The van der Waals surface area contributed by atoms with Gasteiger partial charge in [0.1, 0.15) is 6.54 Å². The van der Waals surface area contributed by atoms with Gasteiger partial charge in [-0.15, -0.1) is 0 Å². The predicted molar refractivity (Wildman–Crippen MR) is 63.1 cm³/mol. The highest BCUT2D eigenvalue weighted by molar-refractivity contribution is 5.73. The molecule has 0 aliphatic heterocycles. The van der Waals surface area contributed by atoms with E-state index in [1.54, 1.807) is 13.8 Å². The second-order valence-corrected chi connectivity index (χ2v) is 3.99. The number of nitrogens with zero attached hydrogens (tertiary/aromatic N) is 2. The number of rotatable bonds is 5. The van der Waals surface area contributed by atoms with Gasteiger partial charge in [0.05, 0.1) is 0 Å². The van der Waals surface area contributed by atoms with E-state index in [-0.39, 0.29) is 19.4 Å². The second-order valence-electron chi connectivity index (χ2n) is 3.99. The molecule has 0 aromatic carbocycles. The summed E-state index contributed by atoms with van der Waals surface area (Å²) in [5.41, 5.74) is 6.18. The molecule has 1 rings (SSSR count). The number of nitrogens with two attached hydrogens (primary N) is 1. The van der Waals surface area contributed by atoms with Crippen LogP contribution in [0.25, 0.3) is 0 Å². The summed E-state index contributed by atoms with van der Waals surface area (Å²) in [6, 6.07) is 0. The summed E-state index contributed by atoms with van der Waals surface area (Å²) in [6.07, 6.45) is 0.206. The lowest BCUT2D eigenvalue weighted by atomic mass is 10.1. The third-order valence-corrected chi connectivity index (χ3v) is 2.68. The van der Waals surface area contributed by atoms with E-state index in [2.05, 4.69) is 4.98 Å². The van der Waals surface area contributed by atoms with E-state index < -0.39 is 17.6 Å². The van der Waals surface area contributed by atoms with E-state index in [0.717, 1.165) is 4.57 Å². The number of aromatic nitrogens is 2. The van der Waals surface area contributed by atoms with Gasteiger partial charge in [-0.25, -0.2) is 4.79 Å². The molecule has 1 heterocycles. The number of carboxylic acids is 1. The SMILES string of the molecule is Cc1nc(=O)n(CC(N)=O)c(C)c1CCC(=O)O. The Morgan fingerprint density at radius 3 is 2.50 bits per heavy atom. The molecule has 0 aliphatic carbocycles. The lowest BCUT2D eigenvalue weighted by Crippen LogP contribution is -2.33. The predicted octanol–water partition coefficient (Wildman–Crippen LogP) is -0.637. The molecular weight excluding hydrogens is 238 g/mol. The Bertz CT molecular complexity index is 548. The fraction of sp³-hybridized carbons (Fsp3) is 0.455. The number of amides is 1. The highest BCUT2D eigenvalue weighted by atomic mass is 16.4. The summed E-state index contributed by atoms with van der Waals surface area (Å²) in [4.78, 5) is 36.8. The zero-order valence-electron chi connectivity index (χ0n) is 10.3. The van der Waals surface area contributed by atoms with E-state index in [1.165, 1.54) is 0 Å². The van der Waals surface area contributed by atoms with Crippen LogP contribution in [0.15, 0.2) is 4.79 Å². The largest absolute Gasteiger partial charge is 0.481 e. The summed E-state index contributed by atoms with van der Waals surface area (Å²) < 4.78 is 1.16. The maximum atomic E-state index is 11.6. The Balaban J connectivity index is 3.21. The van der Waals surface area contributed by atoms with Crippen molar-refractivity contribution in [1.82, 2.24) is 9.55 Å². The number of carbonyl (C=O) groups is 2. The maximum absolute atomic E-state index is 11.6. The molecule has 3 N–H and O–H groups in total. The molecule has 1 amide bonds. The molecule has 0 saturated heterocycles. The quantitative estimate of drug-likeness (QED) is 0.724. The fourth-order valence-electron chi connectivity index (χ4n) is 1.78. The van der Waals surface area contributed by atoms with E-state index in [1.807, 2.05) is 0 Å².